The number of hydrogen-bond donors (Lipinski definition) is 0. The third kappa shape index (κ3) is 2.50. The van der Waals surface area contributed by atoms with Gasteiger partial charge in [0, 0.05) is 11.8 Å². The van der Waals surface area contributed by atoms with Crippen LogP contribution >= 0.6 is 0 Å². The Kier molecular flexibility index (Phi) is 4.50. The van der Waals surface area contributed by atoms with E-state index < -0.39 is 11.0 Å². The molecule has 2 aliphatic rings. The van der Waals surface area contributed by atoms with Crippen LogP contribution in [0, 0.1) is 34.0 Å². The molecule has 0 bridgehead atoms. The van der Waals surface area contributed by atoms with Crippen LogP contribution in [0.2, 0.25) is 0 Å². The summed E-state index contributed by atoms with van der Waals surface area (Å²) in [6.45, 7) is 2.03. The number of benzene rings is 2. The highest BCUT2D eigenvalue weighted by atomic mass is 16.5. The van der Waals surface area contributed by atoms with Crippen LogP contribution in [0.4, 0.5) is 0 Å². The van der Waals surface area contributed by atoms with E-state index in [2.05, 4.69) is 12.1 Å². The summed E-state index contributed by atoms with van der Waals surface area (Å²) in [4.78, 5) is 0. The fourth-order valence-electron chi connectivity index (χ4n) is 5.41. The van der Waals surface area contributed by atoms with Crippen molar-refractivity contribution in [3.63, 3.8) is 0 Å². The Labute approximate surface area is 161 Å². The second-order valence-electron chi connectivity index (χ2n) is 7.83. The van der Waals surface area contributed by atoms with Crippen LogP contribution in [0.15, 0.2) is 60.7 Å². The van der Waals surface area contributed by atoms with Crippen LogP contribution in [0.1, 0.15) is 55.8 Å². The summed E-state index contributed by atoms with van der Waals surface area (Å²) in [7, 11) is 0. The van der Waals surface area contributed by atoms with Gasteiger partial charge in [-0.1, -0.05) is 73.5 Å². The third-order valence-corrected chi connectivity index (χ3v) is 6.62. The van der Waals surface area contributed by atoms with Crippen LogP contribution in [0.25, 0.3) is 0 Å². The van der Waals surface area contributed by atoms with Crippen molar-refractivity contribution in [3.8, 4) is 12.1 Å². The zero-order chi connectivity index (χ0) is 18.9. The quantitative estimate of drug-likeness (QED) is 0.724. The molecule has 4 atom stereocenters. The minimum atomic E-state index is -1.14. The zero-order valence-corrected chi connectivity index (χ0v) is 15.6. The van der Waals surface area contributed by atoms with E-state index in [-0.39, 0.29) is 17.9 Å². The van der Waals surface area contributed by atoms with E-state index in [0.717, 1.165) is 36.8 Å². The molecule has 4 rings (SSSR count). The molecule has 136 valence electrons. The molecule has 2 aliphatic carbocycles. The van der Waals surface area contributed by atoms with E-state index >= 15 is 0 Å². The lowest BCUT2D eigenvalue weighted by Gasteiger charge is -2.65. The second-order valence-corrected chi connectivity index (χ2v) is 7.83. The monoisotopic (exact) mass is 356 g/mol. The minimum absolute atomic E-state index is 0.0861. The fraction of sp³-hybridized carbons (Fsp3) is 0.417. The van der Waals surface area contributed by atoms with E-state index in [1.165, 1.54) is 0 Å². The highest BCUT2D eigenvalue weighted by molar-refractivity contribution is 5.45. The van der Waals surface area contributed by atoms with Gasteiger partial charge in [-0.25, -0.2) is 0 Å². The van der Waals surface area contributed by atoms with Crippen molar-refractivity contribution in [2.24, 2.45) is 11.3 Å². The fourth-order valence-corrected chi connectivity index (χ4v) is 5.41. The van der Waals surface area contributed by atoms with Gasteiger partial charge in [-0.2, -0.15) is 10.5 Å². The summed E-state index contributed by atoms with van der Waals surface area (Å²) in [6.07, 6.45) is 3.77. The highest BCUT2D eigenvalue weighted by Crippen LogP contribution is 2.70. The smallest absolute Gasteiger partial charge is 0.179 e. The molecule has 0 saturated heterocycles. The highest BCUT2D eigenvalue weighted by Gasteiger charge is 2.75. The van der Waals surface area contributed by atoms with Crippen LogP contribution in [0.3, 0.4) is 0 Å². The van der Waals surface area contributed by atoms with Gasteiger partial charge in [0.1, 0.15) is 5.60 Å². The molecule has 2 fully saturated rings. The maximum absolute atomic E-state index is 10.2. The van der Waals surface area contributed by atoms with Gasteiger partial charge >= 0.3 is 0 Å². The van der Waals surface area contributed by atoms with Gasteiger partial charge in [0.25, 0.3) is 0 Å². The zero-order valence-electron chi connectivity index (χ0n) is 15.6. The Hall–Kier alpha value is -2.62. The standard InChI is InChI=1S/C24H24N2O/c1-18(19-10-4-2-5-11-19)27-24-15-9-8-14-21(24)22(23(24,16-25)17-26)20-12-6-3-7-13-20/h2-7,10-13,18,21-22H,8-9,14-15H2,1H3. The van der Waals surface area contributed by atoms with E-state index in [0.29, 0.717) is 0 Å². The van der Waals surface area contributed by atoms with Crippen LogP contribution < -0.4 is 0 Å². The molecule has 27 heavy (non-hydrogen) atoms. The lowest BCUT2D eigenvalue weighted by molar-refractivity contribution is -0.256. The molecular weight excluding hydrogens is 332 g/mol. The van der Waals surface area contributed by atoms with Crippen LogP contribution in [-0.4, -0.2) is 5.60 Å². The number of hydrogen-bond acceptors (Lipinski definition) is 3. The first kappa shape index (κ1) is 17.8. The first-order chi connectivity index (χ1) is 13.2. The molecule has 2 saturated carbocycles. The van der Waals surface area contributed by atoms with Crippen molar-refractivity contribution in [3.05, 3.63) is 71.8 Å². The molecule has 3 heteroatoms. The van der Waals surface area contributed by atoms with Crippen molar-refractivity contribution in [1.29, 1.82) is 10.5 Å². The molecule has 0 radical (unpaired) electrons. The van der Waals surface area contributed by atoms with Crippen molar-refractivity contribution in [2.75, 3.05) is 0 Å². The van der Waals surface area contributed by atoms with Gasteiger partial charge < -0.3 is 4.74 Å². The first-order valence-corrected chi connectivity index (χ1v) is 9.79. The molecule has 0 aromatic heterocycles. The molecule has 0 amide bonds. The molecule has 0 N–H and O–H groups in total. The maximum atomic E-state index is 10.2. The average molecular weight is 356 g/mol. The summed E-state index contributed by atoms with van der Waals surface area (Å²) >= 11 is 0. The Morgan fingerprint density at radius 1 is 0.963 bits per heavy atom. The molecule has 4 unspecified atom stereocenters. The van der Waals surface area contributed by atoms with Crippen molar-refractivity contribution < 1.29 is 4.74 Å². The van der Waals surface area contributed by atoms with Crippen LogP contribution in [0.5, 0.6) is 0 Å². The second kappa shape index (κ2) is 6.84. The van der Waals surface area contributed by atoms with E-state index in [1.54, 1.807) is 0 Å². The van der Waals surface area contributed by atoms with Crippen molar-refractivity contribution in [2.45, 2.75) is 50.2 Å². The molecule has 0 aliphatic heterocycles. The van der Waals surface area contributed by atoms with Gasteiger partial charge in [-0.05, 0) is 30.9 Å². The maximum Gasteiger partial charge on any atom is 0.179 e. The molecule has 2 aromatic rings. The summed E-state index contributed by atoms with van der Waals surface area (Å²) in [6, 6.07) is 25.0. The number of nitrogens with zero attached hydrogens (tertiary/aromatic N) is 2. The van der Waals surface area contributed by atoms with Crippen LogP contribution in [-0.2, 0) is 4.74 Å². The molecule has 0 heterocycles. The Balaban J connectivity index is 1.75. The summed E-state index contributed by atoms with van der Waals surface area (Å²) < 4.78 is 6.67. The van der Waals surface area contributed by atoms with Gasteiger partial charge in [0.2, 0.25) is 0 Å². The average Bonchev–Trinajstić information content (AvgIpc) is 2.72. The Morgan fingerprint density at radius 3 is 2.22 bits per heavy atom. The van der Waals surface area contributed by atoms with E-state index in [1.807, 2.05) is 67.6 Å². The number of fused-ring (bicyclic) bond motifs is 1. The largest absolute Gasteiger partial charge is 0.364 e. The predicted octanol–water partition coefficient (Wildman–Crippen LogP) is 5.52. The van der Waals surface area contributed by atoms with Crippen molar-refractivity contribution in [1.82, 2.24) is 0 Å². The SMILES string of the molecule is CC(OC12CCCCC1C(c1ccccc1)C2(C#N)C#N)c1ccccc1. The lowest BCUT2D eigenvalue weighted by Crippen LogP contribution is -2.70. The summed E-state index contributed by atoms with van der Waals surface area (Å²) in [5.74, 6) is 0.121. The Bertz CT molecular complexity index is 866. The van der Waals surface area contributed by atoms with Gasteiger partial charge in [0.15, 0.2) is 5.41 Å². The third-order valence-electron chi connectivity index (χ3n) is 6.62. The normalized spacial score (nSPS) is 29.4. The van der Waals surface area contributed by atoms with Gasteiger partial charge in [0.05, 0.1) is 18.2 Å². The van der Waals surface area contributed by atoms with Crippen molar-refractivity contribution >= 4 is 0 Å². The molecular formula is C24H24N2O. The number of nitriles is 2. The molecule has 3 nitrogen and oxygen atoms in total. The van der Waals surface area contributed by atoms with Gasteiger partial charge in [-0.15, -0.1) is 0 Å². The number of rotatable bonds is 4. The number of ether oxygens (including phenoxy) is 1. The predicted molar refractivity (Wildman–Crippen MR) is 103 cm³/mol. The Morgan fingerprint density at radius 2 is 1.59 bits per heavy atom. The molecule has 2 aromatic carbocycles. The van der Waals surface area contributed by atoms with E-state index in [9.17, 15) is 10.5 Å². The minimum Gasteiger partial charge on any atom is -0.364 e. The summed E-state index contributed by atoms with van der Waals surface area (Å²) in [5, 5.41) is 20.4. The topological polar surface area (TPSA) is 56.8 Å². The summed E-state index contributed by atoms with van der Waals surface area (Å²) in [5.41, 5.74) is 0.343. The first-order valence-electron chi connectivity index (χ1n) is 9.79. The lowest BCUT2D eigenvalue weighted by atomic mass is 9.39. The van der Waals surface area contributed by atoms with E-state index in [4.69, 9.17) is 4.74 Å². The molecule has 0 spiro atoms. The van der Waals surface area contributed by atoms with Gasteiger partial charge in [-0.3, -0.25) is 0 Å².